The molecule has 0 aliphatic carbocycles. The van der Waals surface area contributed by atoms with Gasteiger partial charge in [0.15, 0.2) is 0 Å². The van der Waals surface area contributed by atoms with Crippen molar-refractivity contribution in [2.75, 3.05) is 35.3 Å². The zero-order valence-electron chi connectivity index (χ0n) is 23.2. The van der Waals surface area contributed by atoms with Gasteiger partial charge in [-0.3, -0.25) is 38.8 Å². The third kappa shape index (κ3) is 4.82. The van der Waals surface area contributed by atoms with E-state index in [2.05, 4.69) is 0 Å². The molecule has 1 aromatic carbocycles. The predicted molar refractivity (Wildman–Crippen MR) is 157 cm³/mol. The molecular weight excluding hydrogens is 580 g/mol. The molecule has 2 aliphatic rings. The maximum absolute atomic E-state index is 12.6. The number of amides is 8. The fourth-order valence-corrected chi connectivity index (χ4v) is 6.56. The molecule has 4 heterocycles. The Kier molecular flexibility index (Phi) is 7.39. The Morgan fingerprint density at radius 3 is 1.62 bits per heavy atom. The Bertz CT molecular complexity index is 1700. The molecule has 2 aromatic heterocycles. The van der Waals surface area contributed by atoms with E-state index in [1.54, 1.807) is 25.3 Å². The molecule has 0 radical (unpaired) electrons. The monoisotopic (exact) mass is 604 g/mol. The SMILES string of the molecule is COc1cc(-c2ccc(C=C3C(=O)N(C)C(=O)N(C)C3=O)s2)sc1-c1ccc(C=C2C(=O)N(C)C(=O)N(C)C2=O)cc1. The zero-order chi connectivity index (χ0) is 30.5. The molecule has 214 valence electrons. The quantitative estimate of drug-likeness (QED) is 0.318. The normalized spacial score (nSPS) is 16.2. The van der Waals surface area contributed by atoms with Crippen LogP contribution in [-0.2, 0) is 19.2 Å². The predicted octanol–water partition coefficient (Wildman–Crippen LogP) is 4.02. The lowest BCUT2D eigenvalue weighted by atomic mass is 10.0. The third-order valence-corrected chi connectivity index (χ3v) is 9.24. The molecule has 0 atom stereocenters. The maximum atomic E-state index is 12.6. The van der Waals surface area contributed by atoms with Gasteiger partial charge in [-0.1, -0.05) is 24.3 Å². The molecule has 5 rings (SSSR count). The molecule has 0 saturated carbocycles. The van der Waals surface area contributed by atoms with Gasteiger partial charge in [-0.15, -0.1) is 22.7 Å². The Morgan fingerprint density at radius 2 is 1.12 bits per heavy atom. The average Bonchev–Trinajstić information content (AvgIpc) is 3.65. The molecule has 2 aliphatic heterocycles. The lowest BCUT2D eigenvalue weighted by molar-refractivity contribution is -0.135. The topological polar surface area (TPSA) is 125 Å². The third-order valence-electron chi connectivity index (χ3n) is 6.85. The number of barbiturate groups is 2. The van der Waals surface area contributed by atoms with E-state index in [-0.39, 0.29) is 11.1 Å². The summed E-state index contributed by atoms with van der Waals surface area (Å²) in [5.41, 5.74) is 1.27. The van der Waals surface area contributed by atoms with Crippen molar-refractivity contribution in [3.05, 3.63) is 64.1 Å². The van der Waals surface area contributed by atoms with E-state index >= 15 is 0 Å². The van der Waals surface area contributed by atoms with Crippen LogP contribution in [0.2, 0.25) is 0 Å². The lowest BCUT2D eigenvalue weighted by Gasteiger charge is -2.28. The molecule has 13 heteroatoms. The van der Waals surface area contributed by atoms with E-state index in [0.29, 0.717) is 16.2 Å². The molecule has 3 aromatic rings. The van der Waals surface area contributed by atoms with Gasteiger partial charge in [-0.2, -0.15) is 0 Å². The number of carbonyl (C=O) groups excluding carboxylic acids is 6. The first-order chi connectivity index (χ1) is 19.9. The summed E-state index contributed by atoms with van der Waals surface area (Å²) >= 11 is 2.88. The largest absolute Gasteiger partial charge is 0.495 e. The minimum Gasteiger partial charge on any atom is -0.495 e. The molecule has 2 saturated heterocycles. The smallest absolute Gasteiger partial charge is 0.333 e. The maximum Gasteiger partial charge on any atom is 0.333 e. The van der Waals surface area contributed by atoms with Gasteiger partial charge >= 0.3 is 12.1 Å². The van der Waals surface area contributed by atoms with E-state index < -0.39 is 35.7 Å². The van der Waals surface area contributed by atoms with E-state index in [1.807, 2.05) is 24.3 Å². The highest BCUT2D eigenvalue weighted by Crippen LogP contribution is 2.45. The van der Waals surface area contributed by atoms with Gasteiger partial charge in [-0.05, 0) is 35.4 Å². The number of thiophene rings is 2. The molecule has 0 spiro atoms. The van der Waals surface area contributed by atoms with E-state index in [9.17, 15) is 28.8 Å². The first-order valence-corrected chi connectivity index (χ1v) is 14.1. The van der Waals surface area contributed by atoms with Crippen LogP contribution in [0.5, 0.6) is 5.75 Å². The molecule has 8 amide bonds. The van der Waals surface area contributed by atoms with Crippen molar-refractivity contribution < 1.29 is 33.5 Å². The number of ether oxygens (including phenoxy) is 1. The molecule has 11 nitrogen and oxygen atoms in total. The molecule has 2 fully saturated rings. The molecular formula is C29H24N4O7S2. The number of carbonyl (C=O) groups is 6. The summed E-state index contributed by atoms with van der Waals surface area (Å²) in [5, 5.41) is 0. The van der Waals surface area contributed by atoms with Crippen molar-refractivity contribution in [1.82, 2.24) is 19.6 Å². The van der Waals surface area contributed by atoms with Crippen LogP contribution in [0.15, 0.2) is 53.6 Å². The van der Waals surface area contributed by atoms with Crippen molar-refractivity contribution in [1.29, 1.82) is 0 Å². The van der Waals surface area contributed by atoms with Gasteiger partial charge < -0.3 is 4.74 Å². The van der Waals surface area contributed by atoms with Crippen LogP contribution in [0.25, 0.3) is 32.3 Å². The van der Waals surface area contributed by atoms with Gasteiger partial charge in [0.1, 0.15) is 16.9 Å². The molecule has 42 heavy (non-hydrogen) atoms. The van der Waals surface area contributed by atoms with Crippen LogP contribution in [-0.4, -0.2) is 90.6 Å². The number of urea groups is 2. The van der Waals surface area contributed by atoms with E-state index in [1.165, 1.54) is 63.0 Å². The summed E-state index contributed by atoms with van der Waals surface area (Å²) < 4.78 is 5.63. The van der Waals surface area contributed by atoms with Crippen LogP contribution in [0.3, 0.4) is 0 Å². The Balaban J connectivity index is 1.41. The number of rotatable bonds is 5. The summed E-state index contributed by atoms with van der Waals surface area (Å²) in [6, 6.07) is 11.5. The van der Waals surface area contributed by atoms with Gasteiger partial charge in [-0.25, -0.2) is 9.59 Å². The Labute approximate surface area is 248 Å². The second-order valence-corrected chi connectivity index (χ2v) is 11.6. The highest BCUT2D eigenvalue weighted by atomic mass is 32.1. The van der Waals surface area contributed by atoms with Gasteiger partial charge in [0, 0.05) is 48.9 Å². The summed E-state index contributed by atoms with van der Waals surface area (Å²) in [7, 11) is 6.89. The average molecular weight is 605 g/mol. The zero-order valence-corrected chi connectivity index (χ0v) is 24.8. The Morgan fingerprint density at radius 1 is 0.619 bits per heavy atom. The van der Waals surface area contributed by atoms with Crippen molar-refractivity contribution in [2.45, 2.75) is 0 Å². The fourth-order valence-electron chi connectivity index (χ4n) is 4.40. The van der Waals surface area contributed by atoms with Crippen molar-refractivity contribution >= 4 is 70.5 Å². The second kappa shape index (κ2) is 10.8. The first-order valence-electron chi connectivity index (χ1n) is 12.4. The number of benzene rings is 1. The van der Waals surface area contributed by atoms with Crippen molar-refractivity contribution in [3.63, 3.8) is 0 Å². The standard InChI is InChI=1S/C29H24N4O7S2/c1-30-24(34)18(25(35)31(2)28(30)38)12-15-6-8-16(9-7-15)23-20(40-5)14-22(42-23)21-11-10-17(41-21)13-19-26(36)32(3)29(39)33(4)27(19)37/h6-14H,1-5H3. The van der Waals surface area contributed by atoms with Crippen LogP contribution in [0, 0.1) is 0 Å². The number of nitrogens with zero attached hydrogens (tertiary/aromatic N) is 4. The van der Waals surface area contributed by atoms with Crippen molar-refractivity contribution in [2.24, 2.45) is 0 Å². The fraction of sp³-hybridized carbons (Fsp3) is 0.172. The summed E-state index contributed by atoms with van der Waals surface area (Å²) in [4.78, 5) is 81.1. The molecule has 0 bridgehead atoms. The minimum atomic E-state index is -0.680. The summed E-state index contributed by atoms with van der Waals surface area (Å²) in [6.45, 7) is 0. The van der Waals surface area contributed by atoms with Crippen LogP contribution in [0.1, 0.15) is 10.4 Å². The number of hydrogen-bond donors (Lipinski definition) is 0. The van der Waals surface area contributed by atoms with Gasteiger partial charge in [0.2, 0.25) is 0 Å². The van der Waals surface area contributed by atoms with Crippen molar-refractivity contribution in [3.8, 4) is 25.9 Å². The lowest BCUT2D eigenvalue weighted by Crippen LogP contribution is -2.52. The van der Waals surface area contributed by atoms with Crippen LogP contribution in [0.4, 0.5) is 9.59 Å². The number of imide groups is 4. The highest BCUT2D eigenvalue weighted by Gasteiger charge is 2.39. The highest BCUT2D eigenvalue weighted by molar-refractivity contribution is 7.24. The first kappa shape index (κ1) is 28.6. The number of likely N-dealkylation sites (N-methyl/N-ethyl adjacent to an activating group) is 4. The second-order valence-electron chi connectivity index (χ2n) is 9.47. The number of hydrogen-bond acceptors (Lipinski definition) is 9. The molecule has 0 unspecified atom stereocenters. The Hall–Kier alpha value is -4.88. The van der Waals surface area contributed by atoms with Gasteiger partial charge in [0.05, 0.1) is 12.0 Å². The van der Waals surface area contributed by atoms with Gasteiger partial charge in [0.25, 0.3) is 23.6 Å². The number of methoxy groups -OCH3 is 1. The van der Waals surface area contributed by atoms with E-state index in [4.69, 9.17) is 4.74 Å². The van der Waals surface area contributed by atoms with Crippen LogP contribution < -0.4 is 4.74 Å². The summed E-state index contributed by atoms with van der Waals surface area (Å²) in [6.07, 6.45) is 2.95. The minimum absolute atomic E-state index is 0.0889. The van der Waals surface area contributed by atoms with Crippen LogP contribution >= 0.6 is 22.7 Å². The summed E-state index contributed by atoms with van der Waals surface area (Å²) in [5.74, 6) is -1.97. The van der Waals surface area contributed by atoms with E-state index in [0.717, 1.165) is 39.8 Å². The molecule has 0 N–H and O–H groups in total.